The standard InChI is InChI=1S/C13H14F2N2O2S2/c1-13(2,11-16-7-8-20-11)17-9-3-5-10(6-4-9)21(18,19)12(14)15/h3-8,12,17H,1-2H3. The number of benzene rings is 1. The molecule has 0 aliphatic carbocycles. The van der Waals surface area contributed by atoms with Gasteiger partial charge in [-0.05, 0) is 38.1 Å². The Bertz CT molecular complexity index is 696. The van der Waals surface area contributed by atoms with Gasteiger partial charge in [-0.2, -0.15) is 8.78 Å². The second-order valence-corrected chi connectivity index (χ2v) is 7.73. The smallest absolute Gasteiger partial charge is 0.341 e. The van der Waals surface area contributed by atoms with Gasteiger partial charge in [0.1, 0.15) is 5.01 Å². The fourth-order valence-corrected chi connectivity index (χ4v) is 3.22. The largest absolute Gasteiger partial charge is 0.374 e. The van der Waals surface area contributed by atoms with Crippen molar-refractivity contribution in [2.45, 2.75) is 30.0 Å². The van der Waals surface area contributed by atoms with Crippen molar-refractivity contribution in [1.29, 1.82) is 0 Å². The highest BCUT2D eigenvalue weighted by atomic mass is 32.2. The predicted molar refractivity (Wildman–Crippen MR) is 78.4 cm³/mol. The third kappa shape index (κ3) is 3.38. The Kier molecular flexibility index (Phi) is 4.29. The summed E-state index contributed by atoms with van der Waals surface area (Å²) < 4.78 is 47.6. The Morgan fingerprint density at radius 3 is 2.33 bits per heavy atom. The van der Waals surface area contributed by atoms with Gasteiger partial charge in [0.25, 0.3) is 0 Å². The summed E-state index contributed by atoms with van der Waals surface area (Å²) >= 11 is 1.49. The van der Waals surface area contributed by atoms with Crippen LogP contribution in [-0.2, 0) is 15.4 Å². The maximum absolute atomic E-state index is 12.4. The van der Waals surface area contributed by atoms with Gasteiger partial charge < -0.3 is 5.32 Å². The minimum atomic E-state index is -4.55. The summed E-state index contributed by atoms with van der Waals surface area (Å²) in [4.78, 5) is 3.83. The molecule has 0 amide bonds. The summed E-state index contributed by atoms with van der Waals surface area (Å²) in [5, 5.41) is 5.92. The molecule has 0 aliphatic heterocycles. The van der Waals surface area contributed by atoms with E-state index in [2.05, 4.69) is 10.3 Å². The van der Waals surface area contributed by atoms with Crippen LogP contribution in [-0.4, -0.2) is 19.2 Å². The van der Waals surface area contributed by atoms with Gasteiger partial charge in [-0.3, -0.25) is 0 Å². The lowest BCUT2D eigenvalue weighted by atomic mass is 10.1. The normalized spacial score (nSPS) is 12.6. The first-order valence-corrected chi connectivity index (χ1v) is 8.46. The van der Waals surface area contributed by atoms with Gasteiger partial charge in [-0.15, -0.1) is 11.3 Å². The maximum atomic E-state index is 12.4. The van der Waals surface area contributed by atoms with Gasteiger partial charge >= 0.3 is 5.76 Å². The van der Waals surface area contributed by atoms with E-state index in [1.54, 1.807) is 6.20 Å². The highest BCUT2D eigenvalue weighted by molar-refractivity contribution is 7.91. The molecule has 0 aliphatic rings. The fourth-order valence-electron chi connectivity index (χ4n) is 1.78. The minimum absolute atomic E-state index is 0.393. The van der Waals surface area contributed by atoms with E-state index in [0.717, 1.165) is 5.01 Å². The summed E-state index contributed by atoms with van der Waals surface area (Å²) in [7, 11) is -4.55. The van der Waals surface area contributed by atoms with Crippen LogP contribution in [0.5, 0.6) is 0 Å². The van der Waals surface area contributed by atoms with Gasteiger partial charge in [0.15, 0.2) is 0 Å². The number of rotatable bonds is 5. The molecular weight excluding hydrogens is 318 g/mol. The topological polar surface area (TPSA) is 59.1 Å². The first-order valence-electron chi connectivity index (χ1n) is 6.04. The zero-order valence-electron chi connectivity index (χ0n) is 11.4. The first-order chi connectivity index (χ1) is 9.73. The van der Waals surface area contributed by atoms with Crippen molar-refractivity contribution in [2.24, 2.45) is 0 Å². The van der Waals surface area contributed by atoms with Gasteiger partial charge in [-0.25, -0.2) is 13.4 Å². The molecule has 0 spiro atoms. The van der Waals surface area contributed by atoms with Crippen molar-refractivity contribution < 1.29 is 17.2 Å². The average molecular weight is 332 g/mol. The lowest BCUT2D eigenvalue weighted by molar-refractivity contribution is 0.234. The molecule has 1 N–H and O–H groups in total. The Hall–Kier alpha value is -1.54. The molecule has 0 saturated carbocycles. The molecule has 0 fully saturated rings. The molecule has 2 aromatic rings. The van der Waals surface area contributed by atoms with Crippen LogP contribution in [0.3, 0.4) is 0 Å². The predicted octanol–water partition coefficient (Wildman–Crippen LogP) is 3.49. The van der Waals surface area contributed by atoms with E-state index in [0.29, 0.717) is 5.69 Å². The summed E-state index contributed by atoms with van der Waals surface area (Å²) in [5.74, 6) is -3.41. The molecule has 1 aromatic carbocycles. The Labute approximate surface area is 125 Å². The quantitative estimate of drug-likeness (QED) is 0.910. The van der Waals surface area contributed by atoms with Crippen LogP contribution in [0.4, 0.5) is 14.5 Å². The molecule has 0 atom stereocenters. The molecule has 0 saturated heterocycles. The van der Waals surface area contributed by atoms with Gasteiger partial charge in [-0.1, -0.05) is 0 Å². The molecule has 8 heteroatoms. The minimum Gasteiger partial charge on any atom is -0.374 e. The third-order valence-corrected chi connectivity index (χ3v) is 5.34. The van der Waals surface area contributed by atoms with Crippen LogP contribution in [0.15, 0.2) is 40.7 Å². The number of anilines is 1. The number of aromatic nitrogens is 1. The second kappa shape index (κ2) is 5.69. The number of halogens is 2. The van der Waals surface area contributed by atoms with Crippen LogP contribution in [0, 0.1) is 0 Å². The van der Waals surface area contributed by atoms with Gasteiger partial charge in [0, 0.05) is 17.3 Å². The molecular formula is C13H14F2N2O2S2. The Morgan fingerprint density at radius 2 is 1.86 bits per heavy atom. The number of hydrogen-bond acceptors (Lipinski definition) is 5. The number of hydrogen-bond donors (Lipinski definition) is 1. The van der Waals surface area contributed by atoms with Crippen molar-refractivity contribution in [3.8, 4) is 0 Å². The summed E-state index contributed by atoms with van der Waals surface area (Å²) in [5.41, 5.74) is 0.181. The van der Waals surface area contributed by atoms with E-state index in [-0.39, 0.29) is 0 Å². The molecule has 114 valence electrons. The molecule has 1 aromatic heterocycles. The zero-order chi connectivity index (χ0) is 15.7. The van der Waals surface area contributed by atoms with E-state index in [1.165, 1.54) is 35.6 Å². The lowest BCUT2D eigenvalue weighted by Crippen LogP contribution is -2.27. The van der Waals surface area contributed by atoms with Crippen LogP contribution in [0.25, 0.3) is 0 Å². The van der Waals surface area contributed by atoms with E-state index >= 15 is 0 Å². The monoisotopic (exact) mass is 332 g/mol. The van der Waals surface area contributed by atoms with Crippen LogP contribution in [0.2, 0.25) is 0 Å². The second-order valence-electron chi connectivity index (χ2n) is 4.92. The molecule has 1 heterocycles. The van der Waals surface area contributed by atoms with E-state index in [9.17, 15) is 17.2 Å². The number of alkyl halides is 2. The summed E-state index contributed by atoms with van der Waals surface area (Å²) in [6, 6.07) is 5.26. The first kappa shape index (κ1) is 15.8. The van der Waals surface area contributed by atoms with Crippen molar-refractivity contribution >= 4 is 26.9 Å². The van der Waals surface area contributed by atoms with Gasteiger partial charge in [0.2, 0.25) is 9.84 Å². The Morgan fingerprint density at radius 1 is 1.24 bits per heavy atom. The van der Waals surface area contributed by atoms with E-state index in [4.69, 9.17) is 0 Å². The average Bonchev–Trinajstić information content (AvgIpc) is 2.93. The molecule has 0 radical (unpaired) electrons. The highest BCUT2D eigenvalue weighted by Gasteiger charge is 2.27. The Balaban J connectivity index is 2.21. The van der Waals surface area contributed by atoms with Crippen molar-refractivity contribution in [3.63, 3.8) is 0 Å². The van der Waals surface area contributed by atoms with E-state index in [1.807, 2.05) is 19.2 Å². The van der Waals surface area contributed by atoms with Gasteiger partial charge in [0.05, 0.1) is 10.4 Å². The summed E-state index contributed by atoms with van der Waals surface area (Å²) in [6.45, 7) is 3.85. The number of nitrogens with zero attached hydrogens (tertiary/aromatic N) is 1. The van der Waals surface area contributed by atoms with E-state index < -0.39 is 26.0 Å². The molecule has 0 bridgehead atoms. The maximum Gasteiger partial charge on any atom is 0.341 e. The number of nitrogens with one attached hydrogen (secondary N) is 1. The molecule has 2 rings (SSSR count). The highest BCUT2D eigenvalue weighted by Crippen LogP contribution is 2.28. The lowest BCUT2D eigenvalue weighted by Gasteiger charge is -2.25. The van der Waals surface area contributed by atoms with Crippen LogP contribution >= 0.6 is 11.3 Å². The fraction of sp³-hybridized carbons (Fsp3) is 0.308. The van der Waals surface area contributed by atoms with Crippen molar-refractivity contribution in [3.05, 3.63) is 40.8 Å². The number of sulfone groups is 1. The molecule has 4 nitrogen and oxygen atoms in total. The zero-order valence-corrected chi connectivity index (χ0v) is 13.0. The van der Waals surface area contributed by atoms with Crippen molar-refractivity contribution in [1.82, 2.24) is 4.98 Å². The molecule has 0 unspecified atom stereocenters. The molecule has 21 heavy (non-hydrogen) atoms. The van der Waals surface area contributed by atoms with Crippen LogP contribution in [0.1, 0.15) is 18.9 Å². The SMILES string of the molecule is CC(C)(Nc1ccc(S(=O)(=O)C(F)F)cc1)c1nccs1. The summed E-state index contributed by atoms with van der Waals surface area (Å²) in [6.07, 6.45) is 1.70. The number of thiazole rings is 1. The third-order valence-electron chi connectivity index (χ3n) is 2.84. The van der Waals surface area contributed by atoms with Crippen molar-refractivity contribution in [2.75, 3.05) is 5.32 Å². The van der Waals surface area contributed by atoms with Crippen LogP contribution < -0.4 is 5.32 Å².